The number of amides is 4. The zero-order valence-corrected chi connectivity index (χ0v) is 18.0. The Hall–Kier alpha value is -2.22. The Morgan fingerprint density at radius 2 is 2.03 bits per heavy atom. The first-order valence-electron chi connectivity index (χ1n) is 11.0. The molecule has 2 fully saturated rings. The molecule has 7 nitrogen and oxygen atoms in total. The summed E-state index contributed by atoms with van der Waals surface area (Å²) in [4.78, 5) is 38.0. The summed E-state index contributed by atoms with van der Waals surface area (Å²) in [5.74, 6) is 1.04. The highest BCUT2D eigenvalue weighted by molar-refractivity contribution is 8.00. The van der Waals surface area contributed by atoms with Crippen molar-refractivity contribution in [2.45, 2.75) is 62.3 Å². The number of hydrogen-bond donors (Lipinski definition) is 3. The Labute approximate surface area is 181 Å². The zero-order valence-electron chi connectivity index (χ0n) is 17.2. The van der Waals surface area contributed by atoms with Crippen molar-refractivity contribution in [3.63, 3.8) is 0 Å². The smallest absolute Gasteiger partial charge is 0.315 e. The number of nitrogens with zero attached hydrogens (tertiary/aromatic N) is 1. The molecule has 3 aliphatic rings. The van der Waals surface area contributed by atoms with Crippen LogP contribution < -0.4 is 20.9 Å². The number of urea groups is 1. The van der Waals surface area contributed by atoms with Crippen LogP contribution in [0.3, 0.4) is 0 Å². The Kier molecular flexibility index (Phi) is 6.82. The molecule has 0 bridgehead atoms. The zero-order chi connectivity index (χ0) is 20.9. The molecule has 1 aromatic carbocycles. The Morgan fingerprint density at radius 3 is 2.93 bits per heavy atom. The number of benzene rings is 1. The van der Waals surface area contributed by atoms with E-state index in [2.05, 4.69) is 22.0 Å². The summed E-state index contributed by atoms with van der Waals surface area (Å²) in [5.41, 5.74) is 2.24. The number of anilines is 1. The molecule has 0 unspecified atom stereocenters. The van der Waals surface area contributed by atoms with Crippen LogP contribution >= 0.6 is 11.8 Å². The predicted octanol–water partition coefficient (Wildman–Crippen LogP) is 2.20. The van der Waals surface area contributed by atoms with Crippen LogP contribution in [0.25, 0.3) is 0 Å². The molecule has 3 N–H and O–H groups in total. The predicted molar refractivity (Wildman–Crippen MR) is 119 cm³/mol. The van der Waals surface area contributed by atoms with Gasteiger partial charge in [0.05, 0.1) is 12.1 Å². The number of unbranched alkanes of at least 4 members (excludes halogenated alkanes) is 1. The third kappa shape index (κ3) is 4.91. The van der Waals surface area contributed by atoms with Gasteiger partial charge in [0.25, 0.3) is 0 Å². The standard InChI is InChI=1S/C22H30N4O3S/c27-19(10-4-3-9-18-21-16(14-30-18)24-22(29)25-21)23-12-11-20(28)26-13-5-7-15-6-1-2-8-17(15)26/h1-2,6,8,16,18,21H,3-5,7,9-14H2,(H,23,27)(H2,24,25,29)/t16-,18-,21-/m0/s1. The number of aryl methyl sites for hydroxylation is 1. The SMILES string of the molecule is O=C(CCCC[C@@H]1SC[C@@H]2NC(=O)N[C@@H]21)NCCC(=O)N1CCCc2ccccc21. The lowest BCUT2D eigenvalue weighted by Crippen LogP contribution is -2.37. The molecule has 0 saturated carbocycles. The van der Waals surface area contributed by atoms with Crippen molar-refractivity contribution in [1.82, 2.24) is 16.0 Å². The van der Waals surface area contributed by atoms with Crippen molar-refractivity contribution in [2.24, 2.45) is 0 Å². The summed E-state index contributed by atoms with van der Waals surface area (Å²) in [6.07, 6.45) is 5.61. The maximum atomic E-state index is 12.6. The number of carbonyl (C=O) groups is 3. The topological polar surface area (TPSA) is 90.5 Å². The molecule has 1 aromatic rings. The van der Waals surface area contributed by atoms with Crippen molar-refractivity contribution < 1.29 is 14.4 Å². The van der Waals surface area contributed by atoms with Gasteiger partial charge in [-0.1, -0.05) is 24.6 Å². The van der Waals surface area contributed by atoms with Gasteiger partial charge in [-0.2, -0.15) is 11.8 Å². The summed E-state index contributed by atoms with van der Waals surface area (Å²) in [7, 11) is 0. The first kappa shape index (κ1) is 21.0. The molecular weight excluding hydrogens is 400 g/mol. The number of hydrogen-bond acceptors (Lipinski definition) is 4. The normalized spacial score (nSPS) is 24.6. The molecule has 0 radical (unpaired) electrons. The third-order valence-corrected chi connectivity index (χ3v) is 7.66. The maximum absolute atomic E-state index is 12.6. The average molecular weight is 431 g/mol. The van der Waals surface area contributed by atoms with Crippen LogP contribution in [0.2, 0.25) is 0 Å². The number of rotatable bonds is 8. The Balaban J connectivity index is 1.11. The van der Waals surface area contributed by atoms with E-state index >= 15 is 0 Å². The highest BCUT2D eigenvalue weighted by Crippen LogP contribution is 2.33. The van der Waals surface area contributed by atoms with Crippen LogP contribution in [0.15, 0.2) is 24.3 Å². The van der Waals surface area contributed by atoms with Crippen LogP contribution in [-0.4, -0.2) is 54.0 Å². The van der Waals surface area contributed by atoms with Gasteiger partial charge in [0, 0.05) is 42.6 Å². The molecule has 30 heavy (non-hydrogen) atoms. The van der Waals surface area contributed by atoms with Crippen molar-refractivity contribution >= 4 is 35.3 Å². The molecular formula is C22H30N4O3S. The monoisotopic (exact) mass is 430 g/mol. The summed E-state index contributed by atoms with van der Waals surface area (Å²) in [5, 5.41) is 9.27. The molecule has 8 heteroatoms. The highest BCUT2D eigenvalue weighted by Gasteiger charge is 2.42. The highest BCUT2D eigenvalue weighted by atomic mass is 32.2. The van der Waals surface area contributed by atoms with E-state index in [1.165, 1.54) is 5.56 Å². The van der Waals surface area contributed by atoms with E-state index in [0.717, 1.165) is 50.1 Å². The fourth-order valence-corrected chi connectivity index (χ4v) is 6.14. The van der Waals surface area contributed by atoms with Crippen molar-refractivity contribution in [3.8, 4) is 0 Å². The van der Waals surface area contributed by atoms with Gasteiger partial charge >= 0.3 is 6.03 Å². The van der Waals surface area contributed by atoms with Gasteiger partial charge in [0.15, 0.2) is 0 Å². The number of thioether (sulfide) groups is 1. The summed E-state index contributed by atoms with van der Waals surface area (Å²) >= 11 is 1.90. The van der Waals surface area contributed by atoms with E-state index < -0.39 is 0 Å². The minimum atomic E-state index is -0.0581. The second kappa shape index (κ2) is 9.73. The summed E-state index contributed by atoms with van der Waals surface area (Å²) in [6.45, 7) is 1.14. The van der Waals surface area contributed by atoms with Gasteiger partial charge in [-0.15, -0.1) is 0 Å². The number of fused-ring (bicyclic) bond motifs is 2. The minimum absolute atomic E-state index is 0.00892. The van der Waals surface area contributed by atoms with E-state index in [1.807, 2.05) is 34.9 Å². The Morgan fingerprint density at radius 1 is 1.17 bits per heavy atom. The van der Waals surface area contributed by atoms with Crippen LogP contribution in [0.1, 0.15) is 44.1 Å². The van der Waals surface area contributed by atoms with Gasteiger partial charge in [-0.25, -0.2) is 4.79 Å². The molecule has 0 aliphatic carbocycles. The van der Waals surface area contributed by atoms with Gasteiger partial charge in [0.1, 0.15) is 0 Å². The van der Waals surface area contributed by atoms with Crippen molar-refractivity contribution in [2.75, 3.05) is 23.7 Å². The number of carbonyl (C=O) groups excluding carboxylic acids is 3. The van der Waals surface area contributed by atoms with Gasteiger partial charge in [0.2, 0.25) is 11.8 Å². The van der Waals surface area contributed by atoms with E-state index in [9.17, 15) is 14.4 Å². The molecule has 3 heterocycles. The average Bonchev–Trinajstić information content (AvgIpc) is 3.30. The molecule has 3 aliphatic heterocycles. The Bertz CT molecular complexity index is 802. The first-order valence-corrected chi connectivity index (χ1v) is 12.0. The van der Waals surface area contributed by atoms with E-state index in [1.54, 1.807) is 0 Å². The van der Waals surface area contributed by atoms with Gasteiger partial charge in [-0.3, -0.25) is 9.59 Å². The van der Waals surface area contributed by atoms with Crippen LogP contribution in [0.5, 0.6) is 0 Å². The molecule has 0 aromatic heterocycles. The lowest BCUT2D eigenvalue weighted by Gasteiger charge is -2.29. The molecule has 162 valence electrons. The first-order chi connectivity index (χ1) is 14.6. The molecule has 2 saturated heterocycles. The van der Waals surface area contributed by atoms with E-state index in [0.29, 0.717) is 24.6 Å². The fourth-order valence-electron chi connectivity index (χ4n) is 4.60. The van der Waals surface area contributed by atoms with Crippen molar-refractivity contribution in [1.29, 1.82) is 0 Å². The number of nitrogens with one attached hydrogen (secondary N) is 3. The molecule has 0 spiro atoms. The second-order valence-electron chi connectivity index (χ2n) is 8.25. The van der Waals surface area contributed by atoms with E-state index in [4.69, 9.17) is 0 Å². The molecule has 4 rings (SSSR count). The minimum Gasteiger partial charge on any atom is -0.356 e. The molecule has 3 atom stereocenters. The third-order valence-electron chi connectivity index (χ3n) is 6.15. The lowest BCUT2D eigenvalue weighted by atomic mass is 10.0. The van der Waals surface area contributed by atoms with Crippen LogP contribution in [0, 0.1) is 0 Å². The summed E-state index contributed by atoms with van der Waals surface area (Å²) < 4.78 is 0. The van der Waals surface area contributed by atoms with Crippen LogP contribution in [-0.2, 0) is 16.0 Å². The van der Waals surface area contributed by atoms with Crippen LogP contribution in [0.4, 0.5) is 10.5 Å². The molecule has 4 amide bonds. The maximum Gasteiger partial charge on any atom is 0.315 e. The largest absolute Gasteiger partial charge is 0.356 e. The summed E-state index contributed by atoms with van der Waals surface area (Å²) in [6, 6.07) is 8.48. The van der Waals surface area contributed by atoms with E-state index in [-0.39, 0.29) is 29.9 Å². The second-order valence-corrected chi connectivity index (χ2v) is 9.52. The lowest BCUT2D eigenvalue weighted by molar-refractivity contribution is -0.121. The fraction of sp³-hybridized carbons (Fsp3) is 0.591. The number of para-hydroxylation sites is 1. The van der Waals surface area contributed by atoms with Gasteiger partial charge < -0.3 is 20.9 Å². The van der Waals surface area contributed by atoms with Crippen molar-refractivity contribution in [3.05, 3.63) is 29.8 Å². The quantitative estimate of drug-likeness (QED) is 0.436. The van der Waals surface area contributed by atoms with Gasteiger partial charge in [-0.05, 0) is 37.3 Å².